The fourth-order valence-electron chi connectivity index (χ4n) is 1.37. The van der Waals surface area contributed by atoms with Crippen LogP contribution in [0.25, 0.3) is 0 Å². The maximum Gasteiger partial charge on any atom is 0.221 e. The minimum Gasteiger partial charge on any atom is -0.346 e. The molecule has 0 saturated carbocycles. The molecule has 94 valence electrons. The number of nitrogens with one attached hydrogen (secondary N) is 2. The third-order valence-corrected chi connectivity index (χ3v) is 2.37. The summed E-state index contributed by atoms with van der Waals surface area (Å²) in [7, 11) is 1.79. The van der Waals surface area contributed by atoms with Gasteiger partial charge in [0.1, 0.15) is 0 Å². The predicted molar refractivity (Wildman–Crippen MR) is 64.1 cm³/mol. The predicted octanol–water partition coefficient (Wildman–Crippen LogP) is -0.201. The van der Waals surface area contributed by atoms with Crippen molar-refractivity contribution >= 4 is 11.7 Å². The van der Waals surface area contributed by atoms with Crippen LogP contribution in [-0.2, 0) is 9.59 Å². The summed E-state index contributed by atoms with van der Waals surface area (Å²) < 4.78 is 0. The van der Waals surface area contributed by atoms with E-state index in [-0.39, 0.29) is 17.7 Å². The van der Waals surface area contributed by atoms with Crippen LogP contribution in [0.3, 0.4) is 0 Å². The summed E-state index contributed by atoms with van der Waals surface area (Å²) in [5, 5.41) is 5.63. The summed E-state index contributed by atoms with van der Waals surface area (Å²) in [6.07, 6.45) is 2.83. The van der Waals surface area contributed by atoms with Crippen molar-refractivity contribution in [3.05, 3.63) is 0 Å². The lowest BCUT2D eigenvalue weighted by Crippen LogP contribution is -2.40. The Morgan fingerprint density at radius 3 is 2.50 bits per heavy atom. The van der Waals surface area contributed by atoms with Crippen LogP contribution in [0, 0.1) is 0 Å². The first-order valence-electron chi connectivity index (χ1n) is 5.76. The summed E-state index contributed by atoms with van der Waals surface area (Å²) in [4.78, 5) is 22.7. The molecule has 0 spiro atoms. The number of hydrogen-bond donors (Lipinski definition) is 3. The van der Waals surface area contributed by atoms with Crippen molar-refractivity contribution in [2.75, 3.05) is 20.1 Å². The van der Waals surface area contributed by atoms with Crippen molar-refractivity contribution in [3.8, 4) is 0 Å². The van der Waals surface area contributed by atoms with Gasteiger partial charge in [-0.15, -0.1) is 0 Å². The largest absolute Gasteiger partial charge is 0.346 e. The van der Waals surface area contributed by atoms with Gasteiger partial charge >= 0.3 is 0 Å². The SMILES string of the molecule is CNCCC(=O)NC(CCCCN)C(C)=O. The molecule has 0 fully saturated rings. The molecular weight excluding hydrogens is 206 g/mol. The molecule has 0 aliphatic carbocycles. The summed E-state index contributed by atoms with van der Waals surface area (Å²) in [5.41, 5.74) is 5.38. The number of nitrogens with two attached hydrogens (primary N) is 1. The first-order chi connectivity index (χ1) is 7.61. The fourth-order valence-corrected chi connectivity index (χ4v) is 1.37. The van der Waals surface area contributed by atoms with E-state index in [1.54, 1.807) is 7.05 Å². The first kappa shape index (κ1) is 15.1. The van der Waals surface area contributed by atoms with Crippen molar-refractivity contribution in [1.29, 1.82) is 0 Å². The molecule has 5 heteroatoms. The van der Waals surface area contributed by atoms with Crippen molar-refractivity contribution in [1.82, 2.24) is 10.6 Å². The third kappa shape index (κ3) is 7.36. The van der Waals surface area contributed by atoms with E-state index in [0.717, 1.165) is 12.8 Å². The van der Waals surface area contributed by atoms with Crippen LogP contribution in [0.5, 0.6) is 0 Å². The summed E-state index contributed by atoms with van der Waals surface area (Å²) in [6, 6.07) is -0.351. The molecule has 0 saturated heterocycles. The maximum absolute atomic E-state index is 11.4. The van der Waals surface area contributed by atoms with Crippen molar-refractivity contribution in [2.45, 2.75) is 38.6 Å². The molecule has 0 heterocycles. The van der Waals surface area contributed by atoms with E-state index in [9.17, 15) is 9.59 Å². The molecule has 16 heavy (non-hydrogen) atoms. The fraction of sp³-hybridized carbons (Fsp3) is 0.818. The van der Waals surface area contributed by atoms with Crippen LogP contribution in [0.2, 0.25) is 0 Å². The van der Waals surface area contributed by atoms with Crippen LogP contribution in [0.1, 0.15) is 32.6 Å². The van der Waals surface area contributed by atoms with E-state index in [4.69, 9.17) is 5.73 Å². The molecule has 0 aromatic rings. The topological polar surface area (TPSA) is 84.2 Å². The molecule has 0 aromatic heterocycles. The van der Waals surface area contributed by atoms with Gasteiger partial charge in [-0.1, -0.05) is 0 Å². The monoisotopic (exact) mass is 229 g/mol. The van der Waals surface area contributed by atoms with Gasteiger partial charge in [0, 0.05) is 13.0 Å². The van der Waals surface area contributed by atoms with Crippen molar-refractivity contribution < 1.29 is 9.59 Å². The zero-order valence-electron chi connectivity index (χ0n) is 10.2. The average Bonchev–Trinajstić information content (AvgIpc) is 2.25. The van der Waals surface area contributed by atoms with Gasteiger partial charge in [0.15, 0.2) is 5.78 Å². The molecule has 0 radical (unpaired) electrons. The van der Waals surface area contributed by atoms with Gasteiger partial charge in [-0.25, -0.2) is 0 Å². The summed E-state index contributed by atoms with van der Waals surface area (Å²) >= 11 is 0. The van der Waals surface area contributed by atoms with Gasteiger partial charge in [0.25, 0.3) is 0 Å². The molecule has 1 unspecified atom stereocenters. The first-order valence-corrected chi connectivity index (χ1v) is 5.76. The van der Waals surface area contributed by atoms with Crippen LogP contribution >= 0.6 is 0 Å². The van der Waals surface area contributed by atoms with Gasteiger partial charge in [-0.2, -0.15) is 0 Å². The van der Waals surface area contributed by atoms with Gasteiger partial charge in [-0.05, 0) is 39.8 Å². The normalized spacial score (nSPS) is 12.2. The lowest BCUT2D eigenvalue weighted by molar-refractivity contribution is -0.127. The molecule has 0 bridgehead atoms. The van der Waals surface area contributed by atoms with Gasteiger partial charge in [0.2, 0.25) is 5.91 Å². The zero-order valence-corrected chi connectivity index (χ0v) is 10.2. The van der Waals surface area contributed by atoms with Crippen LogP contribution in [-0.4, -0.2) is 37.9 Å². The number of Topliss-reactive ketones (excluding diaryl/α,β-unsaturated/α-hetero) is 1. The number of ketones is 1. The number of rotatable bonds is 9. The molecular formula is C11H23N3O2. The zero-order chi connectivity index (χ0) is 12.4. The van der Waals surface area contributed by atoms with E-state index in [2.05, 4.69) is 10.6 Å². The number of amides is 1. The average molecular weight is 229 g/mol. The second-order valence-electron chi connectivity index (χ2n) is 3.87. The van der Waals surface area contributed by atoms with E-state index >= 15 is 0 Å². The molecule has 0 aromatic carbocycles. The van der Waals surface area contributed by atoms with Gasteiger partial charge in [0.05, 0.1) is 6.04 Å². The standard InChI is InChI=1S/C11H23N3O2/c1-9(15)10(5-3-4-7-12)14-11(16)6-8-13-2/h10,13H,3-8,12H2,1-2H3,(H,14,16). The van der Waals surface area contributed by atoms with E-state index in [1.165, 1.54) is 6.92 Å². The molecule has 4 N–H and O–H groups in total. The highest BCUT2D eigenvalue weighted by Crippen LogP contribution is 2.01. The molecule has 1 atom stereocenters. The Morgan fingerprint density at radius 2 is 2.00 bits per heavy atom. The summed E-state index contributed by atoms with van der Waals surface area (Å²) in [6.45, 7) is 2.75. The lowest BCUT2D eigenvalue weighted by Gasteiger charge is -2.15. The molecule has 0 aliphatic rings. The van der Waals surface area contributed by atoms with E-state index in [1.807, 2.05) is 0 Å². The minimum atomic E-state index is -0.351. The Bertz CT molecular complexity index is 219. The quantitative estimate of drug-likeness (QED) is 0.478. The number of carbonyl (C=O) groups is 2. The Morgan fingerprint density at radius 1 is 1.31 bits per heavy atom. The van der Waals surface area contributed by atoms with Gasteiger partial charge < -0.3 is 16.4 Å². The molecule has 0 aliphatic heterocycles. The number of unbranched alkanes of at least 4 members (excludes halogenated alkanes) is 1. The van der Waals surface area contributed by atoms with Crippen molar-refractivity contribution in [2.24, 2.45) is 5.73 Å². The van der Waals surface area contributed by atoms with Crippen molar-refractivity contribution in [3.63, 3.8) is 0 Å². The number of hydrogen-bond acceptors (Lipinski definition) is 4. The highest BCUT2D eigenvalue weighted by molar-refractivity contribution is 5.87. The Labute approximate surface area is 97.2 Å². The Balaban J connectivity index is 3.92. The van der Waals surface area contributed by atoms with E-state index in [0.29, 0.717) is 25.9 Å². The number of carbonyl (C=O) groups excluding carboxylic acids is 2. The minimum absolute atomic E-state index is 0.00910. The highest BCUT2D eigenvalue weighted by Gasteiger charge is 2.15. The molecule has 1 amide bonds. The van der Waals surface area contributed by atoms with Crippen LogP contribution in [0.4, 0.5) is 0 Å². The maximum atomic E-state index is 11.4. The molecule has 5 nitrogen and oxygen atoms in total. The van der Waals surface area contributed by atoms with E-state index < -0.39 is 0 Å². The van der Waals surface area contributed by atoms with Gasteiger partial charge in [-0.3, -0.25) is 9.59 Å². The second kappa shape index (κ2) is 9.30. The Kier molecular flexibility index (Phi) is 8.75. The lowest BCUT2D eigenvalue weighted by atomic mass is 10.1. The third-order valence-electron chi connectivity index (χ3n) is 2.37. The highest BCUT2D eigenvalue weighted by atomic mass is 16.2. The Hall–Kier alpha value is -0.940. The summed E-state index contributed by atoms with van der Waals surface area (Å²) in [5.74, 6) is -0.0721. The second-order valence-corrected chi connectivity index (χ2v) is 3.87. The van der Waals surface area contributed by atoms with Crippen LogP contribution < -0.4 is 16.4 Å². The molecule has 0 rings (SSSR count). The smallest absolute Gasteiger partial charge is 0.221 e. The van der Waals surface area contributed by atoms with Crippen LogP contribution in [0.15, 0.2) is 0 Å².